The lowest BCUT2D eigenvalue weighted by Crippen LogP contribution is -2.49. The van der Waals surface area contributed by atoms with Crippen LogP contribution in [-0.2, 0) is 20.7 Å². The van der Waals surface area contributed by atoms with Gasteiger partial charge in [-0.25, -0.2) is 13.2 Å². The number of ketones is 1. The van der Waals surface area contributed by atoms with Crippen LogP contribution in [0.15, 0.2) is 47.4 Å². The first-order valence-electron chi connectivity index (χ1n) is 16.1. The van der Waals surface area contributed by atoms with Gasteiger partial charge in [0, 0.05) is 38.2 Å². The fourth-order valence-corrected chi connectivity index (χ4v) is 6.41. The molecule has 1 unspecified atom stereocenters. The predicted octanol–water partition coefficient (Wildman–Crippen LogP) is 7.20. The highest BCUT2D eigenvalue weighted by Gasteiger charge is 2.31. The Balaban J connectivity index is 1.73. The maximum atomic E-state index is 16.0. The first-order valence-corrected chi connectivity index (χ1v) is 16.1. The van der Waals surface area contributed by atoms with Crippen LogP contribution in [0.2, 0.25) is 0 Å². The number of benzene rings is 2. The Morgan fingerprint density at radius 3 is 2.28 bits per heavy atom. The Morgan fingerprint density at radius 1 is 1.00 bits per heavy atom. The number of aryl methyl sites for hydroxylation is 3. The molecule has 0 saturated carbocycles. The molecule has 0 N–H and O–H groups in total. The van der Waals surface area contributed by atoms with E-state index >= 15 is 8.78 Å². The highest BCUT2D eigenvalue weighted by Crippen LogP contribution is 2.36. The first kappa shape index (κ1) is 35.1. The number of nitrogens with zero attached hydrogens (tertiary/aromatic N) is 2. The zero-order chi connectivity index (χ0) is 33.7. The highest BCUT2D eigenvalue weighted by atomic mass is 19.1. The van der Waals surface area contributed by atoms with E-state index in [9.17, 15) is 18.8 Å². The topological polar surface area (TPSA) is 68.6 Å². The van der Waals surface area contributed by atoms with Crippen LogP contribution in [0.4, 0.5) is 13.2 Å². The molecule has 2 heterocycles. The van der Waals surface area contributed by atoms with Gasteiger partial charge in [-0.1, -0.05) is 32.0 Å². The molecule has 9 heteroatoms. The number of hydrogen-bond donors (Lipinski definition) is 0. The Morgan fingerprint density at radius 2 is 1.67 bits per heavy atom. The summed E-state index contributed by atoms with van der Waals surface area (Å²) >= 11 is 0. The van der Waals surface area contributed by atoms with Gasteiger partial charge in [-0.3, -0.25) is 19.3 Å². The second-order valence-electron chi connectivity index (χ2n) is 13.0. The zero-order valence-electron chi connectivity index (χ0n) is 27.7. The van der Waals surface area contributed by atoms with Crippen LogP contribution in [0.3, 0.4) is 0 Å². The standard InChI is InChI=1S/C37H45F3N2O4/c1-7-46-34(44)18-27(30-16-28(14-25(6)36(30)40)35-23(4)9-8-10-24(35)5)17-33(43)32(13-22(2)3)42-19-26(15-31(39)37(42)45)11-12-41-20-29(38)21-41/h8-10,14-16,19,22,27,29,32H,7,11-13,17-18,20-21H2,1-6H3/t27-,32?/m0/s1. The number of esters is 1. The summed E-state index contributed by atoms with van der Waals surface area (Å²) in [7, 11) is 0. The van der Waals surface area contributed by atoms with Crippen LogP contribution in [0, 0.1) is 38.3 Å². The number of Topliss-reactive ketones (excluding diaryl/α,β-unsaturated/α-hetero) is 1. The average Bonchev–Trinajstić information content (AvgIpc) is 2.96. The Kier molecular flexibility index (Phi) is 11.6. The second kappa shape index (κ2) is 15.2. The predicted molar refractivity (Wildman–Crippen MR) is 174 cm³/mol. The van der Waals surface area contributed by atoms with Gasteiger partial charge in [0.25, 0.3) is 5.56 Å². The van der Waals surface area contributed by atoms with Crippen LogP contribution in [-0.4, -0.2) is 53.6 Å². The molecule has 2 aromatic carbocycles. The van der Waals surface area contributed by atoms with Crippen molar-refractivity contribution in [1.82, 2.24) is 9.47 Å². The number of halogens is 3. The summed E-state index contributed by atoms with van der Waals surface area (Å²) in [5.41, 5.74) is 3.93. The molecule has 1 aliphatic heterocycles. The van der Waals surface area contributed by atoms with E-state index in [4.69, 9.17) is 4.74 Å². The fourth-order valence-electron chi connectivity index (χ4n) is 6.41. The summed E-state index contributed by atoms with van der Waals surface area (Å²) in [5, 5.41) is 0. The van der Waals surface area contributed by atoms with Gasteiger partial charge in [0.2, 0.25) is 0 Å². The number of hydrogen-bond acceptors (Lipinski definition) is 5. The molecular weight excluding hydrogens is 593 g/mol. The number of ether oxygens (including phenoxy) is 1. The Bertz CT molecular complexity index is 1610. The van der Waals surface area contributed by atoms with Crippen molar-refractivity contribution < 1.29 is 27.5 Å². The molecule has 0 amide bonds. The van der Waals surface area contributed by atoms with Crippen LogP contribution < -0.4 is 5.56 Å². The quantitative estimate of drug-likeness (QED) is 0.175. The molecule has 1 aliphatic rings. The molecule has 0 aliphatic carbocycles. The third-order valence-electron chi connectivity index (χ3n) is 8.75. The lowest BCUT2D eigenvalue weighted by atomic mass is 9.84. The number of likely N-dealkylation sites (tertiary alicyclic amines) is 1. The maximum Gasteiger partial charge on any atom is 0.306 e. The molecule has 1 saturated heterocycles. The zero-order valence-corrected chi connectivity index (χ0v) is 27.7. The smallest absolute Gasteiger partial charge is 0.306 e. The number of carbonyl (C=O) groups is 2. The molecule has 2 atom stereocenters. The van der Waals surface area contributed by atoms with Gasteiger partial charge in [-0.05, 0) is 104 Å². The van der Waals surface area contributed by atoms with Crippen molar-refractivity contribution in [2.24, 2.45) is 5.92 Å². The van der Waals surface area contributed by atoms with Crippen LogP contribution >= 0.6 is 0 Å². The number of rotatable bonds is 14. The third-order valence-corrected chi connectivity index (χ3v) is 8.75. The van der Waals surface area contributed by atoms with E-state index in [-0.39, 0.29) is 37.4 Å². The van der Waals surface area contributed by atoms with Crippen molar-refractivity contribution in [3.05, 3.63) is 92.4 Å². The van der Waals surface area contributed by atoms with Crippen molar-refractivity contribution in [1.29, 1.82) is 0 Å². The molecule has 0 spiro atoms. The van der Waals surface area contributed by atoms with Crippen LogP contribution in [0.25, 0.3) is 11.1 Å². The Hall–Kier alpha value is -3.72. The van der Waals surface area contributed by atoms with Gasteiger partial charge in [-0.2, -0.15) is 0 Å². The van der Waals surface area contributed by atoms with Crippen molar-refractivity contribution in [3.8, 4) is 11.1 Å². The molecule has 3 aromatic rings. The van der Waals surface area contributed by atoms with Crippen molar-refractivity contribution >= 4 is 11.8 Å². The van der Waals surface area contributed by atoms with Crippen LogP contribution in [0.1, 0.15) is 79.8 Å². The van der Waals surface area contributed by atoms with E-state index in [0.717, 1.165) is 26.8 Å². The minimum absolute atomic E-state index is 0.0370. The lowest BCUT2D eigenvalue weighted by Gasteiger charge is -2.34. The normalized spacial score (nSPS) is 15.1. The second-order valence-corrected chi connectivity index (χ2v) is 13.0. The van der Waals surface area contributed by atoms with E-state index < -0.39 is 47.1 Å². The summed E-state index contributed by atoms with van der Waals surface area (Å²) in [4.78, 5) is 42.0. The monoisotopic (exact) mass is 638 g/mol. The SMILES string of the molecule is CCOC(=O)C[C@H](CC(=O)C(CC(C)C)n1cc(CCN2CC(F)C2)cc(F)c1=O)c1cc(-c2c(C)cccc2C)cc(C)c1F. The summed E-state index contributed by atoms with van der Waals surface area (Å²) in [6.45, 7) is 12.3. The van der Waals surface area contributed by atoms with Gasteiger partial charge in [0.15, 0.2) is 11.6 Å². The minimum atomic E-state index is -1.03. The van der Waals surface area contributed by atoms with Gasteiger partial charge in [-0.15, -0.1) is 0 Å². The number of pyridine rings is 1. The maximum absolute atomic E-state index is 16.0. The molecule has 0 radical (unpaired) electrons. The average molecular weight is 639 g/mol. The van der Waals surface area contributed by atoms with Crippen molar-refractivity contribution in [3.63, 3.8) is 0 Å². The summed E-state index contributed by atoms with van der Waals surface area (Å²) in [6.07, 6.45) is 0.773. The van der Waals surface area contributed by atoms with Gasteiger partial charge >= 0.3 is 5.97 Å². The number of aromatic nitrogens is 1. The molecule has 1 fully saturated rings. The summed E-state index contributed by atoms with van der Waals surface area (Å²) in [5.74, 6) is -3.37. The van der Waals surface area contributed by atoms with Gasteiger partial charge in [0.1, 0.15) is 12.0 Å². The fraction of sp³-hybridized carbons (Fsp3) is 0.486. The summed E-state index contributed by atoms with van der Waals surface area (Å²) < 4.78 is 50.6. The number of alkyl halides is 1. The van der Waals surface area contributed by atoms with E-state index in [1.807, 2.05) is 50.8 Å². The van der Waals surface area contributed by atoms with Crippen LogP contribution in [0.5, 0.6) is 0 Å². The molecule has 1 aromatic heterocycles. The number of carbonyl (C=O) groups excluding carboxylic acids is 2. The lowest BCUT2D eigenvalue weighted by molar-refractivity contribution is -0.143. The molecule has 248 valence electrons. The van der Waals surface area contributed by atoms with Gasteiger partial charge < -0.3 is 9.30 Å². The minimum Gasteiger partial charge on any atom is -0.466 e. The molecule has 0 bridgehead atoms. The summed E-state index contributed by atoms with van der Waals surface area (Å²) in [6, 6.07) is 9.51. The molecule has 6 nitrogen and oxygen atoms in total. The van der Waals surface area contributed by atoms with Crippen molar-refractivity contribution in [2.75, 3.05) is 26.2 Å². The van der Waals surface area contributed by atoms with E-state index in [0.29, 0.717) is 37.2 Å². The third kappa shape index (κ3) is 8.35. The molecule has 4 rings (SSSR count). The van der Waals surface area contributed by atoms with E-state index in [1.54, 1.807) is 26.0 Å². The largest absolute Gasteiger partial charge is 0.466 e. The van der Waals surface area contributed by atoms with Crippen molar-refractivity contribution in [2.45, 2.75) is 85.4 Å². The first-order chi connectivity index (χ1) is 21.8. The van der Waals surface area contributed by atoms with E-state index in [2.05, 4.69) is 0 Å². The Labute approximate surface area is 269 Å². The highest BCUT2D eigenvalue weighted by molar-refractivity contribution is 5.84. The molecular formula is C37H45F3N2O4. The molecule has 46 heavy (non-hydrogen) atoms. The van der Waals surface area contributed by atoms with E-state index in [1.165, 1.54) is 12.3 Å². The van der Waals surface area contributed by atoms with Gasteiger partial charge in [0.05, 0.1) is 19.1 Å².